The van der Waals surface area contributed by atoms with E-state index < -0.39 is 0 Å². The van der Waals surface area contributed by atoms with E-state index in [1.807, 2.05) is 0 Å². The molecule has 2 heterocycles. The molecule has 4 heteroatoms. The predicted octanol–water partition coefficient (Wildman–Crippen LogP) is 1.83. The van der Waals surface area contributed by atoms with E-state index in [1.165, 1.54) is 17.7 Å². The van der Waals surface area contributed by atoms with Crippen LogP contribution in [0.2, 0.25) is 0 Å². The van der Waals surface area contributed by atoms with Gasteiger partial charge in [-0.3, -0.25) is 4.90 Å². The molecule has 1 aliphatic heterocycles. The molecule has 0 bridgehead atoms. The highest BCUT2D eigenvalue weighted by atomic mass is 32.1. The molecule has 19 heavy (non-hydrogen) atoms. The van der Waals surface area contributed by atoms with Crippen LogP contribution in [0.15, 0.2) is 11.4 Å². The Kier molecular flexibility index (Phi) is 5.87. The van der Waals surface area contributed by atoms with Crippen LogP contribution in [0.1, 0.15) is 36.1 Å². The van der Waals surface area contributed by atoms with Gasteiger partial charge in [-0.15, -0.1) is 11.3 Å². The number of hydrogen-bond donors (Lipinski definition) is 2. The maximum atomic E-state index is 9.40. The quantitative estimate of drug-likeness (QED) is 0.827. The highest BCUT2D eigenvalue weighted by molar-refractivity contribution is 7.10. The predicted molar refractivity (Wildman–Crippen MR) is 78.0 cm³/mol. The van der Waals surface area contributed by atoms with Crippen LogP contribution in [-0.4, -0.2) is 40.9 Å². The van der Waals surface area contributed by atoms with Crippen molar-refractivity contribution in [2.24, 2.45) is 0 Å². The van der Waals surface area contributed by atoms with E-state index in [-0.39, 0.29) is 13.2 Å². The number of hydrogen-bond acceptors (Lipinski definition) is 4. The topological polar surface area (TPSA) is 43.7 Å². The van der Waals surface area contributed by atoms with Crippen LogP contribution in [0.5, 0.6) is 0 Å². The first-order valence-electron chi connectivity index (χ1n) is 6.85. The number of rotatable bonds is 4. The third-order valence-corrected chi connectivity index (χ3v) is 4.36. The van der Waals surface area contributed by atoms with E-state index >= 15 is 0 Å². The molecule has 2 N–H and O–H groups in total. The lowest BCUT2D eigenvalue weighted by Crippen LogP contribution is -2.40. The van der Waals surface area contributed by atoms with E-state index in [1.54, 1.807) is 11.3 Å². The van der Waals surface area contributed by atoms with Gasteiger partial charge >= 0.3 is 0 Å². The zero-order chi connectivity index (χ0) is 13.5. The molecule has 0 spiro atoms. The summed E-state index contributed by atoms with van der Waals surface area (Å²) in [5, 5.41) is 20.2. The number of likely N-dealkylation sites (tertiary alicyclic amines) is 1. The number of thiophene rings is 1. The molecule has 1 saturated heterocycles. The van der Waals surface area contributed by atoms with Crippen LogP contribution in [0.4, 0.5) is 0 Å². The van der Waals surface area contributed by atoms with Gasteiger partial charge in [0.1, 0.15) is 0 Å². The van der Waals surface area contributed by atoms with E-state index in [4.69, 9.17) is 5.11 Å². The summed E-state index contributed by atoms with van der Waals surface area (Å²) in [5.41, 5.74) is 1.03. The van der Waals surface area contributed by atoms with Gasteiger partial charge in [-0.05, 0) is 25.5 Å². The molecule has 0 aliphatic carbocycles. The van der Waals surface area contributed by atoms with Gasteiger partial charge in [0, 0.05) is 34.8 Å². The lowest BCUT2D eigenvalue weighted by molar-refractivity contribution is 0.0850. The van der Waals surface area contributed by atoms with Crippen LogP contribution >= 0.6 is 11.3 Å². The van der Waals surface area contributed by atoms with Crippen molar-refractivity contribution in [3.63, 3.8) is 0 Å². The lowest BCUT2D eigenvalue weighted by Gasteiger charge is -2.34. The van der Waals surface area contributed by atoms with Gasteiger partial charge in [0.05, 0.1) is 13.2 Å². The minimum atomic E-state index is 0.121. The molecule has 0 radical (unpaired) electrons. The molecule has 1 aromatic rings. The largest absolute Gasteiger partial charge is 0.395 e. The zero-order valence-electron chi connectivity index (χ0n) is 11.1. The average molecular weight is 279 g/mol. The molecule has 1 aliphatic rings. The van der Waals surface area contributed by atoms with Crippen molar-refractivity contribution < 1.29 is 10.2 Å². The monoisotopic (exact) mass is 279 g/mol. The van der Waals surface area contributed by atoms with Gasteiger partial charge in [0.15, 0.2) is 0 Å². The van der Waals surface area contributed by atoms with Gasteiger partial charge in [0.2, 0.25) is 0 Å². The van der Waals surface area contributed by atoms with Crippen molar-refractivity contribution in [3.8, 4) is 11.8 Å². The van der Waals surface area contributed by atoms with E-state index in [0.29, 0.717) is 12.5 Å². The summed E-state index contributed by atoms with van der Waals surface area (Å²) in [5.74, 6) is 6.00. The summed E-state index contributed by atoms with van der Waals surface area (Å²) in [6, 6.07) is 2.44. The van der Waals surface area contributed by atoms with Crippen LogP contribution in [0.25, 0.3) is 0 Å². The van der Waals surface area contributed by atoms with Crippen molar-refractivity contribution in [3.05, 3.63) is 21.9 Å². The van der Waals surface area contributed by atoms with Crippen molar-refractivity contribution in [2.75, 3.05) is 19.8 Å². The maximum absolute atomic E-state index is 9.40. The Labute approximate surface area is 118 Å². The van der Waals surface area contributed by atoms with E-state index in [9.17, 15) is 5.11 Å². The average Bonchev–Trinajstić information content (AvgIpc) is 2.87. The van der Waals surface area contributed by atoms with Crippen LogP contribution in [-0.2, 0) is 6.54 Å². The fraction of sp³-hybridized carbons (Fsp3) is 0.600. The van der Waals surface area contributed by atoms with Crippen molar-refractivity contribution in [1.29, 1.82) is 0 Å². The number of aliphatic hydroxyl groups excluding tert-OH is 2. The maximum Gasteiger partial charge on any atom is 0.0587 e. The Balaban J connectivity index is 1.93. The van der Waals surface area contributed by atoms with Gasteiger partial charge in [-0.25, -0.2) is 0 Å². The second-order valence-electron chi connectivity index (χ2n) is 4.88. The Morgan fingerprint density at radius 3 is 3.05 bits per heavy atom. The van der Waals surface area contributed by atoms with Crippen molar-refractivity contribution >= 4 is 11.3 Å². The Bertz CT molecular complexity index is 446. The van der Waals surface area contributed by atoms with Gasteiger partial charge in [-0.2, -0.15) is 0 Å². The smallest absolute Gasteiger partial charge is 0.0587 e. The molecule has 104 valence electrons. The summed E-state index contributed by atoms with van der Waals surface area (Å²) in [7, 11) is 0. The molecule has 0 saturated carbocycles. The highest BCUT2D eigenvalue weighted by Gasteiger charge is 2.21. The fourth-order valence-corrected chi connectivity index (χ4v) is 3.27. The molecule has 1 fully saturated rings. The molecular weight excluding hydrogens is 258 g/mol. The summed E-state index contributed by atoms with van der Waals surface area (Å²) < 4.78 is 0. The molecular formula is C15H21NO2S. The Morgan fingerprint density at radius 1 is 1.37 bits per heavy atom. The van der Waals surface area contributed by atoms with E-state index in [0.717, 1.165) is 25.1 Å². The van der Waals surface area contributed by atoms with Gasteiger partial charge in [-0.1, -0.05) is 18.3 Å². The van der Waals surface area contributed by atoms with E-state index in [2.05, 4.69) is 28.2 Å². The normalized spacial score (nSPS) is 20.0. The summed E-state index contributed by atoms with van der Waals surface area (Å²) in [4.78, 5) is 3.67. The van der Waals surface area contributed by atoms with Crippen molar-refractivity contribution in [1.82, 2.24) is 4.90 Å². The molecule has 3 nitrogen and oxygen atoms in total. The highest BCUT2D eigenvalue weighted by Crippen LogP contribution is 2.22. The second kappa shape index (κ2) is 7.66. The summed E-state index contributed by atoms with van der Waals surface area (Å²) in [6.45, 7) is 2.37. The lowest BCUT2D eigenvalue weighted by atomic mass is 10.0. The third-order valence-electron chi connectivity index (χ3n) is 3.44. The summed E-state index contributed by atoms with van der Waals surface area (Å²) in [6.07, 6.45) is 4.09. The van der Waals surface area contributed by atoms with Crippen LogP contribution in [0, 0.1) is 11.8 Å². The Hall–Kier alpha value is -0.860. The molecule has 1 atom stereocenters. The van der Waals surface area contributed by atoms with Crippen LogP contribution < -0.4 is 0 Å². The fourth-order valence-electron chi connectivity index (χ4n) is 2.42. The van der Waals surface area contributed by atoms with Gasteiger partial charge in [0.25, 0.3) is 0 Å². The third kappa shape index (κ3) is 4.32. The SMILES string of the molecule is OCCC#Cc1csc(CN2CCCCC2CO)c1. The molecule has 0 aromatic carbocycles. The number of piperidine rings is 1. The molecule has 1 aromatic heterocycles. The first-order chi connectivity index (χ1) is 9.33. The van der Waals surface area contributed by atoms with Crippen LogP contribution in [0.3, 0.4) is 0 Å². The molecule has 2 rings (SSSR count). The minimum Gasteiger partial charge on any atom is -0.395 e. The molecule has 0 amide bonds. The standard InChI is InChI=1S/C15H21NO2S/c17-8-4-2-5-13-9-15(19-12-13)10-16-7-3-1-6-14(16)11-18/h9,12,14,17-18H,1,3-4,6-8,10-11H2. The number of aliphatic hydroxyl groups is 2. The first-order valence-corrected chi connectivity index (χ1v) is 7.73. The second-order valence-corrected chi connectivity index (χ2v) is 5.88. The number of nitrogens with zero attached hydrogens (tertiary/aromatic N) is 1. The summed E-state index contributed by atoms with van der Waals surface area (Å²) >= 11 is 1.73. The first kappa shape index (κ1) is 14.5. The molecule has 1 unspecified atom stereocenters. The Morgan fingerprint density at radius 2 is 2.26 bits per heavy atom. The van der Waals surface area contributed by atoms with Crippen molar-refractivity contribution in [2.45, 2.75) is 38.3 Å². The minimum absolute atomic E-state index is 0.121. The zero-order valence-corrected chi connectivity index (χ0v) is 12.0. The van der Waals surface area contributed by atoms with Gasteiger partial charge < -0.3 is 10.2 Å².